The van der Waals surface area contributed by atoms with Crippen molar-refractivity contribution in [3.63, 3.8) is 0 Å². The molecule has 0 spiro atoms. The van der Waals surface area contributed by atoms with Crippen molar-refractivity contribution in [2.75, 3.05) is 12.4 Å². The van der Waals surface area contributed by atoms with Crippen molar-refractivity contribution in [2.45, 2.75) is 12.8 Å². The summed E-state index contributed by atoms with van der Waals surface area (Å²) < 4.78 is 26.0. The van der Waals surface area contributed by atoms with Crippen LogP contribution >= 0.6 is 11.6 Å². The SMILES string of the molecule is O=C(Cc1cccc(F)c1F)NCCCCl. The van der Waals surface area contributed by atoms with Crippen molar-refractivity contribution < 1.29 is 13.6 Å². The largest absolute Gasteiger partial charge is 0.356 e. The van der Waals surface area contributed by atoms with Crippen LogP contribution in [0.5, 0.6) is 0 Å². The van der Waals surface area contributed by atoms with Crippen LogP contribution in [0.4, 0.5) is 8.78 Å². The summed E-state index contributed by atoms with van der Waals surface area (Å²) in [5.74, 6) is -1.79. The highest BCUT2D eigenvalue weighted by molar-refractivity contribution is 6.17. The van der Waals surface area contributed by atoms with E-state index in [4.69, 9.17) is 11.6 Å². The lowest BCUT2D eigenvalue weighted by atomic mass is 10.1. The highest BCUT2D eigenvalue weighted by Crippen LogP contribution is 2.11. The lowest BCUT2D eigenvalue weighted by Crippen LogP contribution is -2.26. The van der Waals surface area contributed by atoms with E-state index in [0.717, 1.165) is 6.07 Å². The Morgan fingerprint density at radius 2 is 2.12 bits per heavy atom. The number of nitrogens with one attached hydrogen (secondary N) is 1. The van der Waals surface area contributed by atoms with Gasteiger partial charge in [-0.05, 0) is 12.5 Å². The van der Waals surface area contributed by atoms with Crippen molar-refractivity contribution in [2.24, 2.45) is 0 Å². The molecule has 1 aromatic carbocycles. The summed E-state index contributed by atoms with van der Waals surface area (Å²) in [6.45, 7) is 0.444. The van der Waals surface area contributed by atoms with E-state index in [1.165, 1.54) is 12.1 Å². The molecule has 0 saturated heterocycles. The second-order valence-corrected chi connectivity index (χ2v) is 3.66. The molecule has 0 aliphatic rings. The molecule has 1 N–H and O–H groups in total. The van der Waals surface area contributed by atoms with Gasteiger partial charge in [0.1, 0.15) is 0 Å². The van der Waals surface area contributed by atoms with E-state index in [-0.39, 0.29) is 17.9 Å². The summed E-state index contributed by atoms with van der Waals surface area (Å²) in [5, 5.41) is 2.57. The molecule has 1 amide bonds. The predicted octanol–water partition coefficient (Wildman–Crippen LogP) is 2.25. The van der Waals surface area contributed by atoms with Crippen LogP contribution in [0.1, 0.15) is 12.0 Å². The monoisotopic (exact) mass is 247 g/mol. The fourth-order valence-electron chi connectivity index (χ4n) is 1.22. The number of benzene rings is 1. The van der Waals surface area contributed by atoms with Gasteiger partial charge in [0.2, 0.25) is 5.91 Å². The van der Waals surface area contributed by atoms with Crippen molar-refractivity contribution >= 4 is 17.5 Å². The van der Waals surface area contributed by atoms with Gasteiger partial charge >= 0.3 is 0 Å². The van der Waals surface area contributed by atoms with Gasteiger partial charge in [-0.2, -0.15) is 0 Å². The van der Waals surface area contributed by atoms with Crippen molar-refractivity contribution in [1.29, 1.82) is 0 Å². The summed E-state index contributed by atoms with van der Waals surface area (Å²) in [6, 6.07) is 3.78. The second-order valence-electron chi connectivity index (χ2n) is 3.28. The van der Waals surface area contributed by atoms with E-state index >= 15 is 0 Å². The van der Waals surface area contributed by atoms with Crippen molar-refractivity contribution in [3.05, 3.63) is 35.4 Å². The third kappa shape index (κ3) is 3.77. The van der Waals surface area contributed by atoms with Gasteiger partial charge in [0.15, 0.2) is 11.6 Å². The average molecular weight is 248 g/mol. The molecule has 0 aliphatic carbocycles. The molecule has 0 saturated carbocycles. The van der Waals surface area contributed by atoms with Crippen molar-refractivity contribution in [1.82, 2.24) is 5.32 Å². The van der Waals surface area contributed by atoms with Crippen LogP contribution in [-0.4, -0.2) is 18.3 Å². The maximum Gasteiger partial charge on any atom is 0.224 e. The molecule has 0 radical (unpaired) electrons. The summed E-state index contributed by atoms with van der Waals surface area (Å²) in [7, 11) is 0. The number of carbonyl (C=O) groups is 1. The van der Waals surface area contributed by atoms with Gasteiger partial charge in [-0.25, -0.2) is 8.78 Å². The van der Waals surface area contributed by atoms with Gasteiger partial charge in [0.05, 0.1) is 6.42 Å². The van der Waals surface area contributed by atoms with Gasteiger partial charge in [-0.15, -0.1) is 11.6 Å². The molecule has 0 fully saturated rings. The van der Waals surface area contributed by atoms with Crippen molar-refractivity contribution in [3.8, 4) is 0 Å². The molecule has 88 valence electrons. The number of halogens is 3. The Labute approximate surface area is 97.6 Å². The molecular weight excluding hydrogens is 236 g/mol. The van der Waals surface area contributed by atoms with Gasteiger partial charge in [-0.1, -0.05) is 12.1 Å². The van der Waals surface area contributed by atoms with Gasteiger partial charge in [-0.3, -0.25) is 4.79 Å². The smallest absolute Gasteiger partial charge is 0.224 e. The minimum absolute atomic E-state index is 0.0587. The zero-order valence-corrected chi connectivity index (χ0v) is 9.36. The Bertz CT molecular complexity index is 371. The molecule has 0 bridgehead atoms. The summed E-state index contributed by atoms with van der Waals surface area (Å²) in [4.78, 5) is 11.3. The van der Waals surface area contributed by atoms with Crippen LogP contribution in [0.2, 0.25) is 0 Å². The third-order valence-corrected chi connectivity index (χ3v) is 2.28. The average Bonchev–Trinajstić information content (AvgIpc) is 2.25. The molecule has 5 heteroatoms. The second kappa shape index (κ2) is 6.43. The number of hydrogen-bond donors (Lipinski definition) is 1. The zero-order valence-electron chi connectivity index (χ0n) is 8.60. The minimum atomic E-state index is -0.963. The lowest BCUT2D eigenvalue weighted by Gasteiger charge is -2.05. The molecule has 1 rings (SSSR count). The Morgan fingerprint density at radius 3 is 2.81 bits per heavy atom. The van der Waals surface area contributed by atoms with E-state index in [0.29, 0.717) is 18.8 Å². The lowest BCUT2D eigenvalue weighted by molar-refractivity contribution is -0.120. The number of rotatable bonds is 5. The standard InChI is InChI=1S/C11H12ClF2NO/c12-5-2-6-15-10(16)7-8-3-1-4-9(13)11(8)14/h1,3-4H,2,5-7H2,(H,15,16). The normalized spacial score (nSPS) is 10.2. The molecule has 2 nitrogen and oxygen atoms in total. The van der Waals surface area contributed by atoms with E-state index in [9.17, 15) is 13.6 Å². The summed E-state index contributed by atoms with van der Waals surface area (Å²) in [6.07, 6.45) is 0.491. The Kier molecular flexibility index (Phi) is 5.19. The minimum Gasteiger partial charge on any atom is -0.356 e. The summed E-state index contributed by atoms with van der Waals surface area (Å²) in [5.41, 5.74) is 0.0587. The molecule has 0 heterocycles. The van der Waals surface area contributed by atoms with E-state index in [1.807, 2.05) is 0 Å². The van der Waals surface area contributed by atoms with Crippen LogP contribution in [0, 0.1) is 11.6 Å². The molecule has 0 aliphatic heterocycles. The Balaban J connectivity index is 2.53. The van der Waals surface area contributed by atoms with Gasteiger partial charge < -0.3 is 5.32 Å². The molecule has 0 atom stereocenters. The number of alkyl halides is 1. The van der Waals surface area contributed by atoms with E-state index < -0.39 is 11.6 Å². The van der Waals surface area contributed by atoms with E-state index in [1.54, 1.807) is 0 Å². The molecule has 1 aromatic rings. The van der Waals surface area contributed by atoms with Crippen LogP contribution in [0.25, 0.3) is 0 Å². The molecule has 0 unspecified atom stereocenters. The Morgan fingerprint density at radius 1 is 1.38 bits per heavy atom. The maximum absolute atomic E-state index is 13.2. The highest BCUT2D eigenvalue weighted by atomic mass is 35.5. The zero-order chi connectivity index (χ0) is 12.0. The first-order valence-electron chi connectivity index (χ1n) is 4.90. The molecular formula is C11H12ClF2NO. The first-order valence-corrected chi connectivity index (χ1v) is 5.44. The quantitative estimate of drug-likeness (QED) is 0.628. The van der Waals surface area contributed by atoms with Crippen LogP contribution in [-0.2, 0) is 11.2 Å². The molecule has 16 heavy (non-hydrogen) atoms. The maximum atomic E-state index is 13.2. The Hall–Kier alpha value is -1.16. The fourth-order valence-corrected chi connectivity index (χ4v) is 1.35. The van der Waals surface area contributed by atoms with Gasteiger partial charge in [0.25, 0.3) is 0 Å². The number of amides is 1. The van der Waals surface area contributed by atoms with E-state index in [2.05, 4.69) is 5.32 Å². The van der Waals surface area contributed by atoms with Crippen LogP contribution < -0.4 is 5.32 Å². The number of hydrogen-bond acceptors (Lipinski definition) is 1. The first kappa shape index (κ1) is 12.9. The fraction of sp³-hybridized carbons (Fsp3) is 0.364. The highest BCUT2D eigenvalue weighted by Gasteiger charge is 2.10. The predicted molar refractivity (Wildman–Crippen MR) is 58.4 cm³/mol. The van der Waals surface area contributed by atoms with Crippen LogP contribution in [0.3, 0.4) is 0 Å². The third-order valence-electron chi connectivity index (χ3n) is 2.02. The first-order chi connectivity index (χ1) is 7.65. The topological polar surface area (TPSA) is 29.1 Å². The van der Waals surface area contributed by atoms with Crippen LogP contribution in [0.15, 0.2) is 18.2 Å². The van der Waals surface area contributed by atoms with Gasteiger partial charge in [0, 0.05) is 18.0 Å². The number of carbonyl (C=O) groups excluding carboxylic acids is 1. The summed E-state index contributed by atoms with van der Waals surface area (Å²) >= 11 is 5.43. The molecule has 0 aromatic heterocycles.